The zero-order valence-electron chi connectivity index (χ0n) is 17.5. The van der Waals surface area contributed by atoms with Gasteiger partial charge in [-0.25, -0.2) is 15.0 Å². The summed E-state index contributed by atoms with van der Waals surface area (Å²) in [5, 5.41) is 3.10. The molecule has 1 amide bonds. The predicted octanol–water partition coefficient (Wildman–Crippen LogP) is 3.72. The van der Waals surface area contributed by atoms with Crippen LogP contribution in [0.3, 0.4) is 0 Å². The maximum absolute atomic E-state index is 12.8. The Labute approximate surface area is 176 Å². The molecule has 0 radical (unpaired) electrons. The van der Waals surface area contributed by atoms with Crippen molar-refractivity contribution in [2.24, 2.45) is 5.92 Å². The van der Waals surface area contributed by atoms with Gasteiger partial charge in [-0.2, -0.15) is 0 Å². The Morgan fingerprint density at radius 1 is 1.07 bits per heavy atom. The van der Waals surface area contributed by atoms with Crippen LogP contribution in [0.25, 0.3) is 11.2 Å². The van der Waals surface area contributed by atoms with Crippen LogP contribution >= 0.6 is 0 Å². The van der Waals surface area contributed by atoms with Gasteiger partial charge in [0, 0.05) is 37.7 Å². The molecule has 5 rings (SSSR count). The van der Waals surface area contributed by atoms with Crippen LogP contribution in [0.15, 0.2) is 30.6 Å². The zero-order chi connectivity index (χ0) is 20.5. The van der Waals surface area contributed by atoms with Gasteiger partial charge in [0.15, 0.2) is 17.0 Å². The van der Waals surface area contributed by atoms with E-state index in [0.717, 1.165) is 73.0 Å². The molecule has 1 saturated heterocycles. The summed E-state index contributed by atoms with van der Waals surface area (Å²) < 4.78 is 2.27. The molecule has 1 aromatic carbocycles. The number of imidazole rings is 1. The van der Waals surface area contributed by atoms with E-state index in [1.807, 2.05) is 31.2 Å². The Morgan fingerprint density at radius 2 is 1.90 bits per heavy atom. The van der Waals surface area contributed by atoms with Gasteiger partial charge in [0.05, 0.1) is 0 Å². The second-order valence-electron chi connectivity index (χ2n) is 8.43. The van der Waals surface area contributed by atoms with E-state index in [4.69, 9.17) is 4.98 Å². The number of piperidine rings is 1. The number of fused-ring (bicyclic) bond motifs is 3. The van der Waals surface area contributed by atoms with Gasteiger partial charge in [0.1, 0.15) is 12.2 Å². The van der Waals surface area contributed by atoms with Gasteiger partial charge in [-0.3, -0.25) is 4.79 Å². The largest absolute Gasteiger partial charge is 0.355 e. The second kappa shape index (κ2) is 8.05. The predicted molar refractivity (Wildman–Crippen MR) is 118 cm³/mol. The van der Waals surface area contributed by atoms with E-state index in [-0.39, 0.29) is 11.8 Å². The first-order valence-electron chi connectivity index (χ1n) is 11.0. The Bertz CT molecular complexity index is 1070. The molecule has 7 heteroatoms. The lowest BCUT2D eigenvalue weighted by molar-refractivity contribution is -0.120. The molecule has 3 aromatic rings. The molecule has 4 heterocycles. The highest BCUT2D eigenvalue weighted by molar-refractivity contribution is 5.93. The number of nitrogens with one attached hydrogen (secondary N) is 1. The first-order chi connectivity index (χ1) is 14.7. The van der Waals surface area contributed by atoms with Crippen molar-refractivity contribution in [2.45, 2.75) is 52.0 Å². The molecule has 2 aliphatic rings. The van der Waals surface area contributed by atoms with Gasteiger partial charge >= 0.3 is 0 Å². The van der Waals surface area contributed by atoms with Gasteiger partial charge in [0.25, 0.3) is 0 Å². The van der Waals surface area contributed by atoms with Gasteiger partial charge in [-0.15, -0.1) is 0 Å². The molecule has 0 aliphatic carbocycles. The minimum Gasteiger partial charge on any atom is -0.355 e. The number of aryl methyl sites for hydroxylation is 3. The summed E-state index contributed by atoms with van der Waals surface area (Å²) in [6.07, 6.45) is 7.92. The van der Waals surface area contributed by atoms with Crippen molar-refractivity contribution in [3.05, 3.63) is 42.0 Å². The topological polar surface area (TPSA) is 75.9 Å². The normalized spacial score (nSPS) is 17.6. The number of anilines is 2. The van der Waals surface area contributed by atoms with Crippen molar-refractivity contribution in [1.29, 1.82) is 0 Å². The quantitative estimate of drug-likeness (QED) is 0.720. The SMILES string of the molecule is Cc1ccccc1NC(=O)C1CCN(c2ncnc3c2nc2n3CCCCC2)CC1. The summed E-state index contributed by atoms with van der Waals surface area (Å²) in [6.45, 7) is 4.62. The van der Waals surface area contributed by atoms with Crippen LogP contribution in [0.1, 0.15) is 43.5 Å². The fourth-order valence-corrected chi connectivity index (χ4v) is 4.66. The third-order valence-corrected chi connectivity index (χ3v) is 6.44. The smallest absolute Gasteiger partial charge is 0.227 e. The Balaban J connectivity index is 1.30. The molecule has 0 saturated carbocycles. The van der Waals surface area contributed by atoms with Crippen molar-refractivity contribution in [2.75, 3.05) is 23.3 Å². The van der Waals surface area contributed by atoms with Gasteiger partial charge < -0.3 is 14.8 Å². The number of para-hydroxylation sites is 1. The van der Waals surface area contributed by atoms with E-state index in [1.54, 1.807) is 6.33 Å². The molecule has 2 aromatic heterocycles. The van der Waals surface area contributed by atoms with Gasteiger partial charge in [-0.1, -0.05) is 24.6 Å². The van der Waals surface area contributed by atoms with E-state index in [0.29, 0.717) is 0 Å². The summed E-state index contributed by atoms with van der Waals surface area (Å²) in [5.41, 5.74) is 3.86. The molecule has 1 N–H and O–H groups in total. The summed E-state index contributed by atoms with van der Waals surface area (Å²) in [5.74, 6) is 2.19. The molecule has 0 unspecified atom stereocenters. The molecule has 0 spiro atoms. The van der Waals surface area contributed by atoms with Crippen LogP contribution in [-0.4, -0.2) is 38.5 Å². The van der Waals surface area contributed by atoms with E-state index in [1.165, 1.54) is 19.3 Å². The van der Waals surface area contributed by atoms with Gasteiger partial charge in [0.2, 0.25) is 5.91 Å². The number of hydrogen-bond donors (Lipinski definition) is 1. The first-order valence-corrected chi connectivity index (χ1v) is 11.0. The molecular formula is C23H28N6O. The van der Waals surface area contributed by atoms with Crippen molar-refractivity contribution in [3.8, 4) is 0 Å². The minimum absolute atomic E-state index is 0.0249. The van der Waals surface area contributed by atoms with Gasteiger partial charge in [-0.05, 0) is 44.2 Å². The van der Waals surface area contributed by atoms with E-state index in [2.05, 4.69) is 24.8 Å². The van der Waals surface area contributed by atoms with Crippen molar-refractivity contribution in [1.82, 2.24) is 19.5 Å². The number of rotatable bonds is 3. The summed E-state index contributed by atoms with van der Waals surface area (Å²) >= 11 is 0. The molecule has 0 atom stereocenters. The van der Waals surface area contributed by atoms with Crippen LogP contribution in [0.5, 0.6) is 0 Å². The van der Waals surface area contributed by atoms with Crippen molar-refractivity contribution in [3.63, 3.8) is 0 Å². The fourth-order valence-electron chi connectivity index (χ4n) is 4.66. The van der Waals surface area contributed by atoms with E-state index in [9.17, 15) is 4.79 Å². The molecule has 156 valence electrons. The molecule has 2 aliphatic heterocycles. The zero-order valence-corrected chi connectivity index (χ0v) is 17.5. The van der Waals surface area contributed by atoms with Crippen LogP contribution in [0.2, 0.25) is 0 Å². The molecule has 7 nitrogen and oxygen atoms in total. The van der Waals surface area contributed by atoms with Crippen molar-refractivity contribution >= 4 is 28.6 Å². The second-order valence-corrected chi connectivity index (χ2v) is 8.43. The number of nitrogens with zero attached hydrogens (tertiary/aromatic N) is 5. The number of aromatic nitrogens is 4. The Kier molecular flexibility index (Phi) is 5.11. The highest BCUT2D eigenvalue weighted by Gasteiger charge is 2.28. The van der Waals surface area contributed by atoms with Crippen LogP contribution in [-0.2, 0) is 17.8 Å². The maximum atomic E-state index is 12.8. The number of benzene rings is 1. The number of amides is 1. The molecular weight excluding hydrogens is 376 g/mol. The lowest BCUT2D eigenvalue weighted by Crippen LogP contribution is -2.38. The number of hydrogen-bond acceptors (Lipinski definition) is 5. The standard InChI is InChI=1S/C23H28N6O/c1-16-7-4-5-8-18(16)26-23(30)17-10-13-28(14-11-17)21-20-22(25-15-24-21)29-12-6-2-3-9-19(29)27-20/h4-5,7-8,15,17H,2-3,6,9-14H2,1H3,(H,26,30). The third kappa shape index (κ3) is 3.53. The Hall–Kier alpha value is -2.96. The van der Waals surface area contributed by atoms with Crippen LogP contribution < -0.4 is 10.2 Å². The average molecular weight is 405 g/mol. The summed E-state index contributed by atoms with van der Waals surface area (Å²) in [7, 11) is 0. The van der Waals surface area contributed by atoms with E-state index < -0.39 is 0 Å². The fraction of sp³-hybridized carbons (Fsp3) is 0.478. The maximum Gasteiger partial charge on any atom is 0.227 e. The summed E-state index contributed by atoms with van der Waals surface area (Å²) in [4.78, 5) is 29.1. The highest BCUT2D eigenvalue weighted by Crippen LogP contribution is 2.29. The number of carbonyl (C=O) groups excluding carboxylic acids is 1. The molecule has 30 heavy (non-hydrogen) atoms. The van der Waals surface area contributed by atoms with Crippen LogP contribution in [0.4, 0.5) is 11.5 Å². The molecule has 0 bridgehead atoms. The lowest BCUT2D eigenvalue weighted by Gasteiger charge is -2.32. The monoisotopic (exact) mass is 404 g/mol. The summed E-state index contributed by atoms with van der Waals surface area (Å²) in [6, 6.07) is 7.92. The van der Waals surface area contributed by atoms with E-state index >= 15 is 0 Å². The first kappa shape index (κ1) is 19.0. The minimum atomic E-state index is 0.0249. The average Bonchev–Trinajstić information content (AvgIpc) is 2.96. The number of carbonyl (C=O) groups is 1. The van der Waals surface area contributed by atoms with Crippen molar-refractivity contribution < 1.29 is 4.79 Å². The third-order valence-electron chi connectivity index (χ3n) is 6.44. The lowest BCUT2D eigenvalue weighted by atomic mass is 9.95. The van der Waals surface area contributed by atoms with Crippen LogP contribution in [0, 0.1) is 12.8 Å². The highest BCUT2D eigenvalue weighted by atomic mass is 16.1. The Morgan fingerprint density at radius 3 is 2.73 bits per heavy atom. The molecule has 1 fully saturated rings.